The van der Waals surface area contributed by atoms with Gasteiger partial charge in [-0.25, -0.2) is 0 Å². The van der Waals surface area contributed by atoms with E-state index in [1.54, 1.807) is 6.92 Å². The summed E-state index contributed by atoms with van der Waals surface area (Å²) in [6.45, 7) is 9.34. The maximum absolute atomic E-state index is 11.3. The Morgan fingerprint density at radius 2 is 1.12 bits per heavy atom. The lowest BCUT2D eigenvalue weighted by atomic mass is 9.97. The molecule has 3 saturated heterocycles. The van der Waals surface area contributed by atoms with Crippen LogP contribution in [0.25, 0.3) is 0 Å². The molecule has 0 aromatic rings. The van der Waals surface area contributed by atoms with E-state index in [1.165, 1.54) is 13.8 Å². The van der Waals surface area contributed by atoms with Crippen molar-refractivity contribution in [3.8, 4) is 0 Å². The third-order valence-electron chi connectivity index (χ3n) is 10.2. The maximum Gasteiger partial charge on any atom is 0.187 e. The normalized spacial score (nSPS) is 38.9. The van der Waals surface area contributed by atoms with Gasteiger partial charge in [0.05, 0.1) is 38.1 Å². The van der Waals surface area contributed by atoms with E-state index >= 15 is 0 Å². The summed E-state index contributed by atoms with van der Waals surface area (Å²) in [5.74, 6) is 0. The predicted molar refractivity (Wildman–Crippen MR) is 194 cm³/mol. The van der Waals surface area contributed by atoms with Gasteiger partial charge in [0, 0.05) is 19.8 Å². The number of rotatable bonds is 25. The topological polar surface area (TPSA) is 274 Å². The van der Waals surface area contributed by atoms with Gasteiger partial charge in [-0.15, -0.1) is 0 Å². The van der Waals surface area contributed by atoms with E-state index in [0.29, 0.717) is 19.3 Å². The van der Waals surface area contributed by atoms with Crippen LogP contribution in [-0.2, 0) is 47.4 Å². The van der Waals surface area contributed by atoms with E-state index in [-0.39, 0.29) is 19.8 Å². The van der Waals surface area contributed by atoms with E-state index in [0.717, 1.165) is 19.3 Å². The highest BCUT2D eigenvalue weighted by atomic mass is 16.8. The molecule has 3 fully saturated rings. The van der Waals surface area contributed by atoms with Gasteiger partial charge in [0.25, 0.3) is 0 Å². The third-order valence-corrected chi connectivity index (χ3v) is 10.2. The molecule has 3 aliphatic rings. The number of unbranched alkanes of at least 4 members (excludes halogenated alkanes) is 3. The quantitative estimate of drug-likeness (QED) is 0.0371. The Hall–Kier alpha value is -0.760. The molecule has 0 bridgehead atoms. The van der Waals surface area contributed by atoms with Gasteiger partial charge in [0.2, 0.25) is 0 Å². The lowest BCUT2D eigenvalue weighted by Crippen LogP contribution is -2.65. The molecule has 56 heavy (non-hydrogen) atoms. The van der Waals surface area contributed by atoms with Crippen LogP contribution in [0.1, 0.15) is 80.1 Å². The molecule has 3 heterocycles. The highest BCUT2D eigenvalue weighted by Gasteiger charge is 2.52. The molecule has 7 unspecified atom stereocenters. The maximum atomic E-state index is 11.3. The lowest BCUT2D eigenvalue weighted by Gasteiger charge is -2.47. The van der Waals surface area contributed by atoms with Crippen LogP contribution in [0.3, 0.4) is 0 Å². The summed E-state index contributed by atoms with van der Waals surface area (Å²) in [6.07, 6.45) is -20.3. The first-order valence-corrected chi connectivity index (χ1v) is 20.1. The van der Waals surface area contributed by atoms with Crippen molar-refractivity contribution in [1.82, 2.24) is 0 Å². The monoisotopic (exact) mass is 818 g/mol. The Labute approximate surface area is 329 Å². The van der Waals surface area contributed by atoms with Crippen molar-refractivity contribution < 1.29 is 93.3 Å². The Balaban J connectivity index is 1.77. The molecule has 0 aromatic heterocycles. The zero-order valence-corrected chi connectivity index (χ0v) is 33.6. The second-order valence-corrected chi connectivity index (χ2v) is 14.8. The fourth-order valence-corrected chi connectivity index (χ4v) is 6.43. The van der Waals surface area contributed by atoms with Crippen molar-refractivity contribution in [3.05, 3.63) is 0 Å². The van der Waals surface area contributed by atoms with E-state index in [4.69, 9.17) is 47.4 Å². The highest BCUT2D eigenvalue weighted by molar-refractivity contribution is 4.94. The van der Waals surface area contributed by atoms with Crippen LogP contribution in [0.15, 0.2) is 0 Å². The predicted octanol–water partition coefficient (Wildman–Crippen LogP) is -1.58. The van der Waals surface area contributed by atoms with Crippen molar-refractivity contribution in [3.63, 3.8) is 0 Å². The second-order valence-electron chi connectivity index (χ2n) is 14.8. The number of hydrogen-bond acceptors (Lipinski definition) is 19. The van der Waals surface area contributed by atoms with E-state index in [1.807, 2.05) is 20.8 Å². The largest absolute Gasteiger partial charge is 0.394 e. The van der Waals surface area contributed by atoms with E-state index < -0.39 is 137 Å². The minimum Gasteiger partial charge on any atom is -0.394 e. The summed E-state index contributed by atoms with van der Waals surface area (Å²) in [5.41, 5.74) is 0. The number of aliphatic hydroxyl groups is 9. The molecule has 19 nitrogen and oxygen atoms in total. The summed E-state index contributed by atoms with van der Waals surface area (Å²) in [5, 5.41) is 96.1. The molecule has 0 aliphatic carbocycles. The summed E-state index contributed by atoms with van der Waals surface area (Å²) in [4.78, 5) is 0. The molecule has 0 aromatic carbocycles. The molecule has 19 atom stereocenters. The molecule has 0 spiro atoms. The third kappa shape index (κ3) is 13.6. The van der Waals surface area contributed by atoms with Gasteiger partial charge in [-0.2, -0.15) is 0 Å². The van der Waals surface area contributed by atoms with E-state index in [9.17, 15) is 46.0 Å². The van der Waals surface area contributed by atoms with Gasteiger partial charge >= 0.3 is 0 Å². The van der Waals surface area contributed by atoms with Crippen LogP contribution < -0.4 is 0 Å². The number of ether oxygens (including phenoxy) is 10. The first-order chi connectivity index (χ1) is 26.7. The molecular formula is C37H70O19. The molecule has 0 radical (unpaired) electrons. The number of hydrogen-bond donors (Lipinski definition) is 9. The summed E-state index contributed by atoms with van der Waals surface area (Å²) >= 11 is 0. The molecule has 3 aliphatic heterocycles. The first-order valence-electron chi connectivity index (χ1n) is 20.1. The van der Waals surface area contributed by atoms with Crippen molar-refractivity contribution in [2.75, 3.05) is 39.6 Å². The van der Waals surface area contributed by atoms with Crippen molar-refractivity contribution in [1.29, 1.82) is 0 Å². The molecule has 3 rings (SSSR count). The lowest BCUT2D eigenvalue weighted by molar-refractivity contribution is -0.376. The SMILES string of the molecule is CCCCOC1C(O)[C@@H](O)[C@H](C)O[C@H]1OC1C(O)[C@@H](O)[C@H](CO)O[C@H]1O[C@@H](C)C(CO)O[C@@H](OCCCC)[C@@H](O)CO[C@@H]1OC(C)[C@@H](O)C(O)[C@@H]1OCCCC. The van der Waals surface area contributed by atoms with Crippen LogP contribution >= 0.6 is 0 Å². The average molecular weight is 819 g/mol. The minimum absolute atomic E-state index is 0.169. The Morgan fingerprint density at radius 1 is 0.607 bits per heavy atom. The smallest absolute Gasteiger partial charge is 0.187 e. The second kappa shape index (κ2) is 25.1. The average Bonchev–Trinajstić information content (AvgIpc) is 3.18. The van der Waals surface area contributed by atoms with Crippen LogP contribution in [0, 0.1) is 0 Å². The highest BCUT2D eigenvalue weighted by Crippen LogP contribution is 2.32. The van der Waals surface area contributed by atoms with Crippen LogP contribution in [-0.4, -0.2) is 202 Å². The fraction of sp³-hybridized carbons (Fsp3) is 1.00. The Bertz CT molecular complexity index is 1050. The number of aliphatic hydroxyl groups excluding tert-OH is 9. The van der Waals surface area contributed by atoms with Crippen molar-refractivity contribution in [2.24, 2.45) is 0 Å². The Morgan fingerprint density at radius 3 is 1.66 bits per heavy atom. The summed E-state index contributed by atoms with van der Waals surface area (Å²) < 4.78 is 59.1. The summed E-state index contributed by atoms with van der Waals surface area (Å²) in [6, 6.07) is 0. The minimum atomic E-state index is -1.71. The molecule has 332 valence electrons. The standard InChI is InChI=1S/C37H70O19/c1-7-10-13-47-31-28(44)25(41)20(5)52-35(31)50-18-22(40)34(49-15-12-9-3)54-23(16-38)19(4)51-37-33(30(46)27(43)24(17-39)55-37)56-36-32(48-14-11-8-2)29(45)26(42)21(6)53-36/h19-46H,7-18H2,1-6H3/t19-,20?,21-,22-,23?,24-,25+,26-,27-,28?,29?,30?,31-,32?,33?,34+,35+,36-,37+/m0/s1. The molecular weight excluding hydrogens is 748 g/mol. The molecule has 9 N–H and O–H groups in total. The zero-order valence-electron chi connectivity index (χ0n) is 33.6. The van der Waals surface area contributed by atoms with Gasteiger partial charge in [-0.3, -0.25) is 0 Å². The molecule has 19 heteroatoms. The van der Waals surface area contributed by atoms with Crippen molar-refractivity contribution >= 4 is 0 Å². The fourth-order valence-electron chi connectivity index (χ4n) is 6.43. The van der Waals surface area contributed by atoms with Crippen LogP contribution in [0.5, 0.6) is 0 Å². The van der Waals surface area contributed by atoms with Gasteiger partial charge < -0.3 is 93.3 Å². The zero-order chi connectivity index (χ0) is 41.5. The van der Waals surface area contributed by atoms with Gasteiger partial charge in [0.1, 0.15) is 73.2 Å². The molecule has 0 saturated carbocycles. The van der Waals surface area contributed by atoms with Gasteiger partial charge in [-0.1, -0.05) is 40.0 Å². The first kappa shape index (κ1) is 49.6. The van der Waals surface area contributed by atoms with Crippen molar-refractivity contribution in [2.45, 2.75) is 197 Å². The molecule has 0 amide bonds. The van der Waals surface area contributed by atoms with Crippen LogP contribution in [0.4, 0.5) is 0 Å². The summed E-state index contributed by atoms with van der Waals surface area (Å²) in [7, 11) is 0. The van der Waals surface area contributed by atoms with E-state index in [2.05, 4.69) is 0 Å². The van der Waals surface area contributed by atoms with Crippen LogP contribution in [0.2, 0.25) is 0 Å². The van der Waals surface area contributed by atoms with Gasteiger partial charge in [-0.05, 0) is 40.0 Å². The van der Waals surface area contributed by atoms with Gasteiger partial charge in [0.15, 0.2) is 25.2 Å². The Kier molecular flexibility index (Phi) is 22.2.